The molecule has 1 aromatic heterocycles. The maximum atomic E-state index is 5.94. The van der Waals surface area contributed by atoms with Gasteiger partial charge in [-0.3, -0.25) is 0 Å². The molecule has 0 spiro atoms. The van der Waals surface area contributed by atoms with Crippen molar-refractivity contribution in [1.82, 2.24) is 14.5 Å². The lowest BCUT2D eigenvalue weighted by Gasteiger charge is -2.19. The van der Waals surface area contributed by atoms with Crippen LogP contribution in [0.3, 0.4) is 0 Å². The third-order valence-electron chi connectivity index (χ3n) is 3.67. The normalized spacial score (nSPS) is 13.3. The smallest absolute Gasteiger partial charge is 0.111 e. The molecule has 0 saturated carbocycles. The summed E-state index contributed by atoms with van der Waals surface area (Å²) in [7, 11) is 4.23. The van der Waals surface area contributed by atoms with Gasteiger partial charge in [0.2, 0.25) is 0 Å². The zero-order valence-electron chi connectivity index (χ0n) is 12.9. The molecule has 4 heteroatoms. The summed E-state index contributed by atoms with van der Waals surface area (Å²) < 4.78 is 2.37. The number of alkyl halides is 1. The van der Waals surface area contributed by atoms with E-state index in [0.29, 0.717) is 11.9 Å². The zero-order chi connectivity index (χ0) is 14.7. The van der Waals surface area contributed by atoms with Gasteiger partial charge in [-0.2, -0.15) is 0 Å². The lowest BCUT2D eigenvalue weighted by atomic mass is 10.2. The maximum Gasteiger partial charge on any atom is 0.111 e. The molecule has 0 N–H and O–H groups in total. The fraction of sp³-hybridized carbons (Fsp3) is 0.562. The summed E-state index contributed by atoms with van der Waals surface area (Å²) in [5.41, 5.74) is 3.58. The minimum Gasteiger partial charge on any atom is -0.325 e. The molecule has 0 fully saturated rings. The highest BCUT2D eigenvalue weighted by atomic mass is 35.5. The standard InChI is InChI=1S/C16H24ClN3/c1-12-5-6-14-15(11-12)20(16(18-14)7-9-17)13(2)8-10-19(3)4/h5-6,11,13H,7-10H2,1-4H3. The predicted molar refractivity (Wildman–Crippen MR) is 86.8 cm³/mol. The molecule has 3 nitrogen and oxygen atoms in total. The van der Waals surface area contributed by atoms with Crippen LogP contribution >= 0.6 is 11.6 Å². The van der Waals surface area contributed by atoms with E-state index in [1.807, 2.05) is 0 Å². The summed E-state index contributed by atoms with van der Waals surface area (Å²) in [5.74, 6) is 1.72. The first-order chi connectivity index (χ1) is 9.52. The zero-order valence-corrected chi connectivity index (χ0v) is 13.6. The van der Waals surface area contributed by atoms with Gasteiger partial charge in [0.25, 0.3) is 0 Å². The molecule has 0 aliphatic rings. The number of imidazole rings is 1. The van der Waals surface area contributed by atoms with Crippen LogP contribution in [0.5, 0.6) is 0 Å². The van der Waals surface area contributed by atoms with Gasteiger partial charge < -0.3 is 9.47 Å². The molecule has 0 amide bonds. The first-order valence-electron chi connectivity index (χ1n) is 7.21. The van der Waals surface area contributed by atoms with E-state index in [1.165, 1.54) is 11.1 Å². The number of aryl methyl sites for hydroxylation is 2. The number of hydrogen-bond donors (Lipinski definition) is 0. The number of hydrogen-bond acceptors (Lipinski definition) is 2. The number of fused-ring (bicyclic) bond motifs is 1. The second-order valence-electron chi connectivity index (χ2n) is 5.77. The van der Waals surface area contributed by atoms with Gasteiger partial charge in [0.15, 0.2) is 0 Å². The number of halogens is 1. The summed E-state index contributed by atoms with van der Waals surface area (Å²) in [5, 5.41) is 0. The summed E-state index contributed by atoms with van der Waals surface area (Å²) >= 11 is 5.94. The molecule has 1 aromatic carbocycles. The Labute approximate surface area is 126 Å². The molecule has 1 heterocycles. The fourth-order valence-electron chi connectivity index (χ4n) is 2.58. The van der Waals surface area contributed by atoms with Gasteiger partial charge in [-0.15, -0.1) is 11.6 Å². The van der Waals surface area contributed by atoms with Gasteiger partial charge >= 0.3 is 0 Å². The topological polar surface area (TPSA) is 21.1 Å². The Morgan fingerprint density at radius 2 is 2.10 bits per heavy atom. The number of aromatic nitrogens is 2. The first-order valence-corrected chi connectivity index (χ1v) is 7.74. The highest BCUT2D eigenvalue weighted by Gasteiger charge is 2.15. The second kappa shape index (κ2) is 6.59. The average Bonchev–Trinajstić information content (AvgIpc) is 2.73. The van der Waals surface area contributed by atoms with Crippen molar-refractivity contribution >= 4 is 22.6 Å². The Morgan fingerprint density at radius 3 is 2.75 bits per heavy atom. The van der Waals surface area contributed by atoms with Crippen LogP contribution in [0.4, 0.5) is 0 Å². The predicted octanol–water partition coefficient (Wildman–Crippen LogP) is 3.64. The molecular weight excluding hydrogens is 270 g/mol. The molecule has 2 rings (SSSR count). The molecule has 0 saturated heterocycles. The largest absolute Gasteiger partial charge is 0.325 e. The summed E-state index contributed by atoms with van der Waals surface area (Å²) in [6.07, 6.45) is 1.93. The molecule has 0 radical (unpaired) electrons. The van der Waals surface area contributed by atoms with Crippen molar-refractivity contribution in [2.75, 3.05) is 26.5 Å². The van der Waals surface area contributed by atoms with E-state index >= 15 is 0 Å². The van der Waals surface area contributed by atoms with E-state index in [9.17, 15) is 0 Å². The molecule has 20 heavy (non-hydrogen) atoms. The van der Waals surface area contributed by atoms with Crippen LogP contribution in [0.25, 0.3) is 11.0 Å². The van der Waals surface area contributed by atoms with Crippen LogP contribution in [-0.4, -0.2) is 41.0 Å². The lowest BCUT2D eigenvalue weighted by molar-refractivity contribution is 0.357. The Balaban J connectivity index is 2.41. The summed E-state index contributed by atoms with van der Waals surface area (Å²) in [6, 6.07) is 6.89. The summed E-state index contributed by atoms with van der Waals surface area (Å²) in [4.78, 5) is 6.98. The van der Waals surface area contributed by atoms with Crippen molar-refractivity contribution < 1.29 is 0 Å². The monoisotopic (exact) mass is 293 g/mol. The van der Waals surface area contributed by atoms with Crippen LogP contribution in [0.2, 0.25) is 0 Å². The van der Waals surface area contributed by atoms with Crippen LogP contribution in [0, 0.1) is 6.92 Å². The van der Waals surface area contributed by atoms with Gasteiger partial charge in [0.1, 0.15) is 5.82 Å². The van der Waals surface area contributed by atoms with Gasteiger partial charge in [0.05, 0.1) is 11.0 Å². The molecule has 1 unspecified atom stereocenters. The van der Waals surface area contributed by atoms with Crippen molar-refractivity contribution in [1.29, 1.82) is 0 Å². The molecular formula is C16H24ClN3. The van der Waals surface area contributed by atoms with E-state index in [2.05, 4.69) is 55.6 Å². The highest BCUT2D eigenvalue weighted by molar-refractivity contribution is 6.17. The first kappa shape index (κ1) is 15.3. The van der Waals surface area contributed by atoms with Crippen molar-refractivity contribution in [3.05, 3.63) is 29.6 Å². The third kappa shape index (κ3) is 3.33. The Morgan fingerprint density at radius 1 is 1.35 bits per heavy atom. The highest BCUT2D eigenvalue weighted by Crippen LogP contribution is 2.24. The van der Waals surface area contributed by atoms with Crippen LogP contribution < -0.4 is 0 Å². The Bertz CT molecular complexity index is 574. The maximum absolute atomic E-state index is 5.94. The van der Waals surface area contributed by atoms with Crippen LogP contribution in [0.15, 0.2) is 18.2 Å². The number of rotatable bonds is 6. The summed E-state index contributed by atoms with van der Waals surface area (Å²) in [6.45, 7) is 5.47. The minimum absolute atomic E-state index is 0.433. The lowest BCUT2D eigenvalue weighted by Crippen LogP contribution is -2.18. The molecule has 0 aliphatic carbocycles. The van der Waals surface area contributed by atoms with Gasteiger partial charge in [-0.05, 0) is 58.6 Å². The number of benzene rings is 1. The van der Waals surface area contributed by atoms with Crippen molar-refractivity contribution in [2.24, 2.45) is 0 Å². The quantitative estimate of drug-likeness (QED) is 0.758. The fourth-order valence-corrected chi connectivity index (χ4v) is 2.75. The van der Waals surface area contributed by atoms with Crippen molar-refractivity contribution in [2.45, 2.75) is 32.7 Å². The second-order valence-corrected chi connectivity index (χ2v) is 6.15. The minimum atomic E-state index is 0.433. The molecule has 0 bridgehead atoms. The average molecular weight is 294 g/mol. The van der Waals surface area contributed by atoms with Crippen molar-refractivity contribution in [3.63, 3.8) is 0 Å². The SMILES string of the molecule is Cc1ccc2nc(CCCl)n(C(C)CCN(C)C)c2c1. The Hall–Kier alpha value is -1.06. The van der Waals surface area contributed by atoms with Gasteiger partial charge in [0, 0.05) is 18.3 Å². The molecule has 1 atom stereocenters. The molecule has 2 aromatic rings. The van der Waals surface area contributed by atoms with Crippen LogP contribution in [-0.2, 0) is 6.42 Å². The van der Waals surface area contributed by atoms with E-state index in [4.69, 9.17) is 16.6 Å². The van der Waals surface area contributed by atoms with Crippen molar-refractivity contribution in [3.8, 4) is 0 Å². The third-order valence-corrected chi connectivity index (χ3v) is 3.86. The van der Waals surface area contributed by atoms with E-state index in [1.54, 1.807) is 0 Å². The van der Waals surface area contributed by atoms with Crippen LogP contribution in [0.1, 0.15) is 30.8 Å². The number of nitrogens with zero attached hydrogens (tertiary/aromatic N) is 3. The molecule has 0 aliphatic heterocycles. The van der Waals surface area contributed by atoms with E-state index in [-0.39, 0.29) is 0 Å². The van der Waals surface area contributed by atoms with Gasteiger partial charge in [-0.1, -0.05) is 6.07 Å². The Kier molecular flexibility index (Phi) is 5.06. The molecule has 110 valence electrons. The van der Waals surface area contributed by atoms with Gasteiger partial charge in [-0.25, -0.2) is 4.98 Å². The van der Waals surface area contributed by atoms with E-state index in [0.717, 1.165) is 30.7 Å². The van der Waals surface area contributed by atoms with E-state index < -0.39 is 0 Å².